The third-order valence-electron chi connectivity index (χ3n) is 6.33. The first-order valence-electron chi connectivity index (χ1n) is 12.4. The maximum absolute atomic E-state index is 12.9. The van der Waals surface area contributed by atoms with Gasteiger partial charge in [-0.2, -0.15) is 0 Å². The van der Waals surface area contributed by atoms with E-state index in [2.05, 4.69) is 26.2 Å². The van der Waals surface area contributed by atoms with Crippen LogP contribution in [0.15, 0.2) is 65.7 Å². The first-order valence-corrected chi connectivity index (χ1v) is 13.9. The van der Waals surface area contributed by atoms with Gasteiger partial charge in [0.25, 0.3) is 0 Å². The molecule has 0 bridgehead atoms. The van der Waals surface area contributed by atoms with Gasteiger partial charge in [0, 0.05) is 36.5 Å². The predicted octanol–water partition coefficient (Wildman–Crippen LogP) is 4.05. The molecule has 3 N–H and O–H groups in total. The van der Waals surface area contributed by atoms with Gasteiger partial charge in [0.05, 0.1) is 29.8 Å². The van der Waals surface area contributed by atoms with E-state index in [1.54, 1.807) is 24.4 Å². The van der Waals surface area contributed by atoms with E-state index in [1.807, 2.05) is 36.4 Å². The van der Waals surface area contributed by atoms with Crippen LogP contribution in [0.5, 0.6) is 0 Å². The van der Waals surface area contributed by atoms with Crippen molar-refractivity contribution < 1.29 is 13.2 Å². The second kappa shape index (κ2) is 10.8. The molecule has 10 heteroatoms. The van der Waals surface area contributed by atoms with Crippen LogP contribution < -0.4 is 10.5 Å². The normalized spacial score (nSPS) is 12.1. The minimum absolute atomic E-state index is 0.152. The molecule has 3 heterocycles. The number of fused-ring (bicyclic) bond motifs is 4. The number of nitrogens with two attached hydrogens (primary N) is 1. The SMILES string of the molecule is CCCCc1nc2c(N)nc3ccccc3c2n1CCOCCNS(=O)(=O)c1cccc2cccnc12. The largest absolute Gasteiger partial charge is 0.382 e. The molecule has 37 heavy (non-hydrogen) atoms. The van der Waals surface area contributed by atoms with Crippen molar-refractivity contribution in [2.45, 2.75) is 37.6 Å². The Bertz CT molecular complexity index is 1660. The summed E-state index contributed by atoms with van der Waals surface area (Å²) in [5, 5.41) is 1.77. The molecule has 0 radical (unpaired) electrons. The zero-order valence-electron chi connectivity index (χ0n) is 20.7. The van der Waals surface area contributed by atoms with Crippen molar-refractivity contribution >= 4 is 48.7 Å². The first kappa shape index (κ1) is 25.1. The lowest BCUT2D eigenvalue weighted by Crippen LogP contribution is -2.28. The number of nitrogens with zero attached hydrogens (tertiary/aromatic N) is 4. The number of benzene rings is 2. The lowest BCUT2D eigenvalue weighted by molar-refractivity contribution is 0.131. The van der Waals surface area contributed by atoms with Crippen LogP contribution in [0.2, 0.25) is 0 Å². The third kappa shape index (κ3) is 5.13. The van der Waals surface area contributed by atoms with E-state index in [1.165, 1.54) is 0 Å². The summed E-state index contributed by atoms with van der Waals surface area (Å²) in [6.45, 7) is 3.51. The highest BCUT2D eigenvalue weighted by atomic mass is 32.2. The number of pyridine rings is 2. The van der Waals surface area contributed by atoms with Gasteiger partial charge in [0.15, 0.2) is 5.82 Å². The Hall–Kier alpha value is -3.60. The van der Waals surface area contributed by atoms with Gasteiger partial charge in [-0.3, -0.25) is 4.98 Å². The Kier molecular flexibility index (Phi) is 7.31. The quantitative estimate of drug-likeness (QED) is 0.253. The minimum Gasteiger partial charge on any atom is -0.382 e. The molecule has 0 unspecified atom stereocenters. The highest BCUT2D eigenvalue weighted by molar-refractivity contribution is 7.89. The van der Waals surface area contributed by atoms with E-state index < -0.39 is 10.0 Å². The topological polar surface area (TPSA) is 125 Å². The molecular formula is C27H30N6O3S. The lowest BCUT2D eigenvalue weighted by atomic mass is 10.2. The molecule has 0 saturated heterocycles. The summed E-state index contributed by atoms with van der Waals surface area (Å²) in [5.74, 6) is 1.37. The zero-order valence-corrected chi connectivity index (χ0v) is 21.5. The van der Waals surface area contributed by atoms with Crippen molar-refractivity contribution in [3.63, 3.8) is 0 Å². The summed E-state index contributed by atoms with van der Waals surface area (Å²) in [4.78, 5) is 13.8. The summed E-state index contributed by atoms with van der Waals surface area (Å²) in [6.07, 6.45) is 4.49. The monoisotopic (exact) mass is 518 g/mol. The third-order valence-corrected chi connectivity index (χ3v) is 7.82. The van der Waals surface area contributed by atoms with Gasteiger partial charge in [-0.1, -0.05) is 49.7 Å². The number of hydrogen-bond donors (Lipinski definition) is 2. The number of nitrogen functional groups attached to an aromatic ring is 1. The molecule has 5 aromatic rings. The van der Waals surface area contributed by atoms with Crippen LogP contribution in [0.3, 0.4) is 0 Å². The fourth-order valence-corrected chi connectivity index (χ4v) is 5.74. The molecule has 5 rings (SSSR count). The van der Waals surface area contributed by atoms with Gasteiger partial charge < -0.3 is 15.0 Å². The van der Waals surface area contributed by atoms with Gasteiger partial charge in [0.2, 0.25) is 10.0 Å². The van der Waals surface area contributed by atoms with Gasteiger partial charge in [-0.05, 0) is 24.6 Å². The van der Waals surface area contributed by atoms with Crippen molar-refractivity contribution in [2.24, 2.45) is 0 Å². The second-order valence-electron chi connectivity index (χ2n) is 8.84. The summed E-state index contributed by atoms with van der Waals surface area (Å²) in [7, 11) is -3.72. The summed E-state index contributed by atoms with van der Waals surface area (Å²) < 4.78 is 36.4. The number of unbranched alkanes of at least 4 members (excludes halogenated alkanes) is 1. The number of nitrogens with one attached hydrogen (secondary N) is 1. The van der Waals surface area contributed by atoms with Crippen LogP contribution >= 0.6 is 0 Å². The van der Waals surface area contributed by atoms with Gasteiger partial charge >= 0.3 is 0 Å². The Morgan fingerprint density at radius 2 is 1.84 bits per heavy atom. The molecule has 3 aromatic heterocycles. The Morgan fingerprint density at radius 1 is 1.00 bits per heavy atom. The fourth-order valence-electron chi connectivity index (χ4n) is 4.55. The Balaban J connectivity index is 1.27. The summed E-state index contributed by atoms with van der Waals surface area (Å²) in [5.41, 5.74) is 9.21. The molecule has 0 spiro atoms. The molecule has 0 saturated carbocycles. The molecule has 0 aliphatic rings. The Morgan fingerprint density at radius 3 is 2.70 bits per heavy atom. The lowest BCUT2D eigenvalue weighted by Gasteiger charge is -2.12. The van der Waals surface area contributed by atoms with Crippen LogP contribution in [0, 0.1) is 0 Å². The Labute approximate surface area is 215 Å². The standard InChI is InChI=1S/C27H30N6O3S/c1-2-3-13-23-32-25-26(20-10-4-5-11-21(20)31-27(25)28)33(23)16-18-36-17-15-30-37(34,35)22-12-6-8-19-9-7-14-29-24(19)22/h4-12,14,30H,2-3,13,15-18H2,1H3,(H2,28,31). The van der Waals surface area contributed by atoms with Crippen LogP contribution in [0.1, 0.15) is 25.6 Å². The fraction of sp³-hybridized carbons (Fsp3) is 0.296. The highest BCUT2D eigenvalue weighted by Crippen LogP contribution is 2.29. The molecule has 0 atom stereocenters. The molecule has 0 amide bonds. The van der Waals surface area contributed by atoms with E-state index in [0.717, 1.165) is 46.9 Å². The first-order chi connectivity index (χ1) is 18.0. The predicted molar refractivity (Wildman–Crippen MR) is 146 cm³/mol. The summed E-state index contributed by atoms with van der Waals surface area (Å²) >= 11 is 0. The number of sulfonamides is 1. The van der Waals surface area contributed by atoms with Crippen LogP contribution in [0.25, 0.3) is 32.8 Å². The zero-order chi connectivity index (χ0) is 25.8. The highest BCUT2D eigenvalue weighted by Gasteiger charge is 2.18. The van der Waals surface area contributed by atoms with E-state index in [9.17, 15) is 8.42 Å². The smallest absolute Gasteiger partial charge is 0.242 e. The number of imidazole rings is 1. The minimum atomic E-state index is -3.72. The van der Waals surface area contributed by atoms with Crippen molar-refractivity contribution in [3.05, 3.63) is 66.6 Å². The maximum atomic E-state index is 12.9. The van der Waals surface area contributed by atoms with E-state index >= 15 is 0 Å². The number of hydrogen-bond acceptors (Lipinski definition) is 7. The van der Waals surface area contributed by atoms with Crippen molar-refractivity contribution in [3.8, 4) is 0 Å². The number of para-hydroxylation sites is 2. The van der Waals surface area contributed by atoms with Gasteiger partial charge in [0.1, 0.15) is 16.2 Å². The van der Waals surface area contributed by atoms with Crippen molar-refractivity contribution in [2.75, 3.05) is 25.5 Å². The molecule has 192 valence electrons. The number of ether oxygens (including phenoxy) is 1. The van der Waals surface area contributed by atoms with Crippen LogP contribution in [0.4, 0.5) is 5.82 Å². The molecule has 0 aliphatic heterocycles. The van der Waals surface area contributed by atoms with E-state index in [4.69, 9.17) is 15.5 Å². The maximum Gasteiger partial charge on any atom is 0.242 e. The van der Waals surface area contributed by atoms with E-state index in [0.29, 0.717) is 30.0 Å². The van der Waals surface area contributed by atoms with Crippen molar-refractivity contribution in [1.29, 1.82) is 0 Å². The molecule has 0 fully saturated rings. The van der Waals surface area contributed by atoms with E-state index in [-0.39, 0.29) is 18.0 Å². The summed E-state index contributed by atoms with van der Waals surface area (Å²) in [6, 6.07) is 16.6. The average molecular weight is 519 g/mol. The molecular weight excluding hydrogens is 488 g/mol. The van der Waals surface area contributed by atoms with Crippen molar-refractivity contribution in [1.82, 2.24) is 24.2 Å². The number of rotatable bonds is 11. The molecule has 9 nitrogen and oxygen atoms in total. The molecule has 2 aromatic carbocycles. The number of aryl methyl sites for hydroxylation is 1. The van der Waals surface area contributed by atoms with Gasteiger partial charge in [-0.25, -0.2) is 23.1 Å². The molecule has 0 aliphatic carbocycles. The average Bonchev–Trinajstić information content (AvgIpc) is 3.28. The van der Waals surface area contributed by atoms with Crippen LogP contribution in [-0.4, -0.2) is 47.7 Å². The van der Waals surface area contributed by atoms with Crippen LogP contribution in [-0.2, 0) is 27.7 Å². The second-order valence-corrected chi connectivity index (χ2v) is 10.6. The van der Waals surface area contributed by atoms with Gasteiger partial charge in [-0.15, -0.1) is 0 Å². The number of aromatic nitrogens is 4. The number of anilines is 1.